The third kappa shape index (κ3) is 16.4. The van der Waals surface area contributed by atoms with E-state index in [1.54, 1.807) is 19.9 Å². The highest BCUT2D eigenvalue weighted by molar-refractivity contribution is 7.57. The Balaban J connectivity index is 2.72. The van der Waals surface area contributed by atoms with Crippen LogP contribution in [0, 0.1) is 0 Å². The van der Waals surface area contributed by atoms with Crippen LogP contribution < -0.4 is 9.74 Å². The Kier molecular flexibility index (Phi) is 18.9. The van der Waals surface area contributed by atoms with Crippen molar-refractivity contribution >= 4 is 21.8 Å². The lowest BCUT2D eigenvalue weighted by molar-refractivity contribution is -0.121. The SMILES string of the molecule is CCCCCCCCCCCCCC(=O)N[C@@H](/C=C/P(=O)(OCC)OCC)Cc1ccc(O[Si](C)(C)C(C)(C)C)cc1. The summed E-state index contributed by atoms with van der Waals surface area (Å²) >= 11 is 0. The summed E-state index contributed by atoms with van der Waals surface area (Å²) in [6.45, 7) is 17.6. The van der Waals surface area contributed by atoms with Crippen LogP contribution >= 0.6 is 7.60 Å². The zero-order valence-corrected chi connectivity index (χ0v) is 30.0. The number of carbonyl (C=O) groups excluding carboxylic acids is 1. The number of benzene rings is 1. The van der Waals surface area contributed by atoms with Crippen LogP contribution in [-0.4, -0.2) is 33.5 Å². The van der Waals surface area contributed by atoms with Crippen molar-refractivity contribution < 1.29 is 22.8 Å². The van der Waals surface area contributed by atoms with E-state index in [2.05, 4.69) is 46.1 Å². The highest BCUT2D eigenvalue weighted by atomic mass is 31.2. The summed E-state index contributed by atoms with van der Waals surface area (Å²) in [4.78, 5) is 12.9. The van der Waals surface area contributed by atoms with Gasteiger partial charge in [-0.25, -0.2) is 0 Å². The van der Waals surface area contributed by atoms with Crippen LogP contribution in [-0.2, 0) is 24.8 Å². The third-order valence-electron chi connectivity index (χ3n) is 8.03. The van der Waals surface area contributed by atoms with Crippen LogP contribution in [0.3, 0.4) is 0 Å². The normalized spacial score (nSPS) is 13.4. The molecule has 0 heterocycles. The van der Waals surface area contributed by atoms with Crippen molar-refractivity contribution in [2.75, 3.05) is 13.2 Å². The number of unbranched alkanes of at least 4 members (excludes halogenated alkanes) is 10. The van der Waals surface area contributed by atoms with Gasteiger partial charge in [-0.2, -0.15) is 0 Å². The minimum absolute atomic E-state index is 0.0149. The van der Waals surface area contributed by atoms with Crippen LogP contribution in [0.1, 0.15) is 124 Å². The average Bonchev–Trinajstić information content (AvgIpc) is 2.91. The maximum Gasteiger partial charge on any atom is 0.353 e. The molecule has 0 bridgehead atoms. The standard InChI is InChI=1S/C34H62NO5PSi/c1-9-12-13-14-15-16-17-18-19-20-21-22-33(36)35-31(27-28-41(37,38-10-2)39-11-3)29-30-23-25-32(26-24-30)40-42(7,8)34(4,5)6/h23-28,31H,9-22,29H2,1-8H3,(H,35,36)/b28-27+/t31-/m0/s1. The van der Waals surface area contributed by atoms with Gasteiger partial charge in [-0.3, -0.25) is 9.36 Å². The second-order valence-corrected chi connectivity index (χ2v) is 19.5. The van der Waals surface area contributed by atoms with Crippen molar-refractivity contribution in [2.24, 2.45) is 0 Å². The fourth-order valence-electron chi connectivity index (χ4n) is 4.48. The highest BCUT2D eigenvalue weighted by Gasteiger charge is 2.38. The second kappa shape index (κ2) is 20.5. The quantitative estimate of drug-likeness (QED) is 0.0746. The molecular weight excluding hydrogens is 561 g/mol. The molecular formula is C34H62NO5PSi. The highest BCUT2D eigenvalue weighted by Crippen LogP contribution is 2.49. The van der Waals surface area contributed by atoms with E-state index in [4.69, 9.17) is 13.5 Å². The molecule has 1 atom stereocenters. The van der Waals surface area contributed by atoms with Gasteiger partial charge in [0.1, 0.15) is 5.75 Å². The molecule has 8 heteroatoms. The van der Waals surface area contributed by atoms with Crippen LogP contribution in [0.15, 0.2) is 36.2 Å². The van der Waals surface area contributed by atoms with Gasteiger partial charge >= 0.3 is 7.60 Å². The molecule has 0 aliphatic heterocycles. The summed E-state index contributed by atoms with van der Waals surface area (Å²) in [5.74, 6) is 2.39. The number of nitrogens with one attached hydrogen (secondary N) is 1. The molecule has 1 rings (SSSR count). The molecule has 1 aromatic carbocycles. The van der Waals surface area contributed by atoms with Crippen molar-refractivity contribution in [3.63, 3.8) is 0 Å². The van der Waals surface area contributed by atoms with Gasteiger partial charge in [0.05, 0.1) is 19.3 Å². The lowest BCUT2D eigenvalue weighted by atomic mass is 10.0. The summed E-state index contributed by atoms with van der Waals surface area (Å²) in [7, 11) is -5.29. The predicted octanol–water partition coefficient (Wildman–Crippen LogP) is 10.6. The molecule has 6 nitrogen and oxygen atoms in total. The van der Waals surface area contributed by atoms with Gasteiger partial charge in [0.15, 0.2) is 0 Å². The van der Waals surface area contributed by atoms with Gasteiger partial charge in [0.2, 0.25) is 14.2 Å². The molecule has 0 aliphatic carbocycles. The molecule has 0 unspecified atom stereocenters. The Hall–Kier alpha value is -1.40. The fraction of sp³-hybridized carbons (Fsp3) is 0.735. The van der Waals surface area contributed by atoms with Gasteiger partial charge in [0.25, 0.3) is 0 Å². The topological polar surface area (TPSA) is 73.9 Å². The first kappa shape index (κ1) is 38.6. The molecule has 1 aromatic rings. The lowest BCUT2D eigenvalue weighted by Gasteiger charge is -2.36. The van der Waals surface area contributed by atoms with Crippen molar-refractivity contribution in [1.29, 1.82) is 0 Å². The summed E-state index contributed by atoms with van der Waals surface area (Å²) < 4.78 is 30.3. The smallest absolute Gasteiger partial charge is 0.353 e. The summed E-state index contributed by atoms with van der Waals surface area (Å²) in [6, 6.07) is 7.78. The van der Waals surface area contributed by atoms with Crippen LogP contribution in [0.4, 0.5) is 0 Å². The number of hydrogen-bond acceptors (Lipinski definition) is 5. The van der Waals surface area contributed by atoms with Gasteiger partial charge in [-0.15, -0.1) is 0 Å². The summed E-state index contributed by atoms with van der Waals surface area (Å²) in [5, 5.41) is 3.27. The lowest BCUT2D eigenvalue weighted by Crippen LogP contribution is -2.43. The third-order valence-corrected chi connectivity index (χ3v) is 14.2. The van der Waals surface area contributed by atoms with Gasteiger partial charge in [0, 0.05) is 12.2 Å². The first-order valence-electron chi connectivity index (χ1n) is 16.5. The van der Waals surface area contributed by atoms with E-state index >= 15 is 0 Å². The molecule has 1 amide bonds. The minimum Gasteiger partial charge on any atom is -0.544 e. The Morgan fingerprint density at radius 3 is 1.83 bits per heavy atom. The molecule has 242 valence electrons. The van der Waals surface area contributed by atoms with Crippen LogP contribution in [0.5, 0.6) is 5.75 Å². The monoisotopic (exact) mass is 623 g/mol. The molecule has 0 spiro atoms. The van der Waals surface area contributed by atoms with E-state index in [0.29, 0.717) is 12.8 Å². The first-order chi connectivity index (χ1) is 19.9. The van der Waals surface area contributed by atoms with Crippen LogP contribution in [0.2, 0.25) is 18.1 Å². The molecule has 0 aromatic heterocycles. The maximum atomic E-state index is 13.0. The van der Waals surface area contributed by atoms with Gasteiger partial charge in [-0.05, 0) is 62.5 Å². The largest absolute Gasteiger partial charge is 0.544 e. The number of amides is 1. The van der Waals surface area contributed by atoms with Gasteiger partial charge < -0.3 is 18.8 Å². The molecule has 0 saturated heterocycles. The van der Waals surface area contributed by atoms with E-state index in [0.717, 1.165) is 24.2 Å². The molecule has 0 saturated carbocycles. The first-order valence-corrected chi connectivity index (χ1v) is 21.0. The Morgan fingerprint density at radius 1 is 0.857 bits per heavy atom. The molecule has 42 heavy (non-hydrogen) atoms. The minimum atomic E-state index is -3.36. The molecule has 0 radical (unpaired) electrons. The number of rotatable bonds is 23. The summed E-state index contributed by atoms with van der Waals surface area (Å²) in [6.07, 6.45) is 16.6. The maximum absolute atomic E-state index is 13.0. The average molecular weight is 624 g/mol. The van der Waals surface area contributed by atoms with E-state index in [1.165, 1.54) is 63.6 Å². The van der Waals surface area contributed by atoms with E-state index in [9.17, 15) is 9.36 Å². The molecule has 0 aliphatic rings. The van der Waals surface area contributed by atoms with E-state index in [1.807, 2.05) is 24.3 Å². The Bertz CT molecular complexity index is 932. The predicted molar refractivity (Wildman–Crippen MR) is 181 cm³/mol. The van der Waals surface area contributed by atoms with Crippen LogP contribution in [0.25, 0.3) is 0 Å². The Labute approximate surface area is 259 Å². The van der Waals surface area contributed by atoms with Crippen molar-refractivity contribution in [3.8, 4) is 5.75 Å². The second-order valence-electron chi connectivity index (χ2n) is 12.9. The zero-order chi connectivity index (χ0) is 31.5. The zero-order valence-electron chi connectivity index (χ0n) is 28.1. The Morgan fingerprint density at radius 2 is 1.36 bits per heavy atom. The van der Waals surface area contributed by atoms with Gasteiger partial charge in [-0.1, -0.05) is 110 Å². The fourth-order valence-corrected chi connectivity index (χ4v) is 6.90. The van der Waals surface area contributed by atoms with Crippen molar-refractivity contribution in [3.05, 3.63) is 41.7 Å². The van der Waals surface area contributed by atoms with Crippen molar-refractivity contribution in [1.82, 2.24) is 5.32 Å². The summed E-state index contributed by atoms with van der Waals surface area (Å²) in [5.41, 5.74) is 1.06. The molecule has 0 fully saturated rings. The number of hydrogen-bond donors (Lipinski definition) is 1. The van der Waals surface area contributed by atoms with E-state index in [-0.39, 0.29) is 30.2 Å². The molecule has 1 N–H and O–H groups in total. The number of carbonyl (C=O) groups is 1. The van der Waals surface area contributed by atoms with E-state index < -0.39 is 15.9 Å². The van der Waals surface area contributed by atoms with Crippen molar-refractivity contribution in [2.45, 2.75) is 149 Å².